The zero-order chi connectivity index (χ0) is 42.9. The summed E-state index contributed by atoms with van der Waals surface area (Å²) in [6, 6.07) is 22.8. The molecule has 2 heterocycles. The monoisotopic (exact) mass is 821 g/mol. The summed E-state index contributed by atoms with van der Waals surface area (Å²) in [5, 5.41) is 23.0. The highest BCUT2D eigenvalue weighted by atomic mass is 16.6. The predicted octanol–water partition coefficient (Wildman–Crippen LogP) is 6.58. The molecule has 320 valence electrons. The molecule has 6 rings (SSSR count). The van der Waals surface area contributed by atoms with E-state index in [-0.39, 0.29) is 36.2 Å². The number of H-pyrrole nitrogens is 1. The van der Waals surface area contributed by atoms with Gasteiger partial charge in [0, 0.05) is 62.9 Å². The highest BCUT2D eigenvalue weighted by Crippen LogP contribution is 2.30. The van der Waals surface area contributed by atoms with E-state index in [0.29, 0.717) is 44.0 Å². The Bertz CT molecular complexity index is 2040. The van der Waals surface area contributed by atoms with Gasteiger partial charge in [0.25, 0.3) is 0 Å². The van der Waals surface area contributed by atoms with Gasteiger partial charge in [-0.05, 0) is 125 Å². The first-order valence-electron chi connectivity index (χ1n) is 20.9. The summed E-state index contributed by atoms with van der Waals surface area (Å²) in [7, 11) is 0. The normalized spacial score (nSPS) is 17.9. The van der Waals surface area contributed by atoms with Crippen LogP contribution in [0.4, 0.5) is 15.3 Å². The number of nitrogens with one attached hydrogen (secondary N) is 4. The Labute approximate surface area is 352 Å². The van der Waals surface area contributed by atoms with Gasteiger partial charge in [-0.15, -0.1) is 10.2 Å². The van der Waals surface area contributed by atoms with E-state index in [1.807, 2.05) is 65.8 Å². The van der Waals surface area contributed by atoms with Gasteiger partial charge in [0.1, 0.15) is 17.2 Å². The van der Waals surface area contributed by atoms with E-state index < -0.39 is 23.3 Å². The molecular weight excluding hydrogens is 763 g/mol. The standard InChI is InChI=1S/C45H59N9O6/c1-44(2,3)59-42(57)46-28-31-13-17-34(18-14-31)40(55)48-38(41(56)47-36-21-19-33(20-22-36)39-49-51-52-50-39)27-30-11-15-32(16-12-30)37-10-8-7-9-35(37)29-53-23-25-54(26-24-53)43(58)60-45(4,5)6/h7-12,15-16,19-22,31,34,38H,13-14,17-18,23-29H2,1-6H3,(H,46,57)(H,47,56)(H,48,55)(H,49,50,51,52). The van der Waals surface area contributed by atoms with Gasteiger partial charge in [-0.1, -0.05) is 48.5 Å². The molecule has 15 heteroatoms. The van der Waals surface area contributed by atoms with Crippen molar-refractivity contribution in [1.82, 2.24) is 41.1 Å². The maximum absolute atomic E-state index is 13.9. The van der Waals surface area contributed by atoms with Crippen molar-refractivity contribution < 1.29 is 28.7 Å². The van der Waals surface area contributed by atoms with Crippen LogP contribution in [0.1, 0.15) is 78.4 Å². The lowest BCUT2D eigenvalue weighted by atomic mass is 9.81. The third-order valence-corrected chi connectivity index (χ3v) is 10.7. The maximum atomic E-state index is 13.9. The zero-order valence-electron chi connectivity index (χ0n) is 35.6. The van der Waals surface area contributed by atoms with Crippen LogP contribution in [0.3, 0.4) is 0 Å². The number of ether oxygens (including phenoxy) is 2. The topological polar surface area (TPSA) is 184 Å². The minimum absolute atomic E-state index is 0.154. The number of nitrogens with zero attached hydrogens (tertiary/aromatic N) is 5. The molecular formula is C45H59N9O6. The molecule has 1 saturated carbocycles. The number of tetrazole rings is 1. The maximum Gasteiger partial charge on any atom is 0.410 e. The van der Waals surface area contributed by atoms with Crippen molar-refractivity contribution in [2.24, 2.45) is 11.8 Å². The minimum atomic E-state index is -0.835. The number of anilines is 1. The van der Waals surface area contributed by atoms with Crippen molar-refractivity contribution >= 4 is 29.7 Å². The second-order valence-electron chi connectivity index (χ2n) is 17.8. The molecule has 1 unspecified atom stereocenters. The smallest absolute Gasteiger partial charge is 0.410 e. The summed E-state index contributed by atoms with van der Waals surface area (Å²) >= 11 is 0. The highest BCUT2D eigenvalue weighted by Gasteiger charge is 2.31. The van der Waals surface area contributed by atoms with Crippen molar-refractivity contribution in [3.8, 4) is 22.5 Å². The number of alkyl carbamates (subject to hydrolysis) is 1. The third kappa shape index (κ3) is 12.8. The van der Waals surface area contributed by atoms with Crippen LogP contribution in [-0.2, 0) is 32.0 Å². The molecule has 2 fully saturated rings. The first kappa shape index (κ1) is 43.7. The van der Waals surface area contributed by atoms with E-state index in [0.717, 1.165) is 54.7 Å². The van der Waals surface area contributed by atoms with Gasteiger partial charge in [-0.3, -0.25) is 14.5 Å². The first-order valence-corrected chi connectivity index (χ1v) is 20.9. The predicted molar refractivity (Wildman–Crippen MR) is 229 cm³/mol. The van der Waals surface area contributed by atoms with Crippen molar-refractivity contribution in [1.29, 1.82) is 0 Å². The van der Waals surface area contributed by atoms with Gasteiger partial charge in [0.15, 0.2) is 0 Å². The number of amides is 4. The number of piperazine rings is 1. The van der Waals surface area contributed by atoms with Crippen LogP contribution in [0.25, 0.3) is 22.5 Å². The summed E-state index contributed by atoms with van der Waals surface area (Å²) in [5.74, 6) is -0.0381. The van der Waals surface area contributed by atoms with E-state index in [9.17, 15) is 19.2 Å². The van der Waals surface area contributed by atoms with E-state index in [4.69, 9.17) is 9.47 Å². The number of rotatable bonds is 12. The number of aromatic amines is 1. The molecule has 4 amide bonds. The van der Waals surface area contributed by atoms with E-state index in [1.54, 1.807) is 29.2 Å². The lowest BCUT2D eigenvalue weighted by Crippen LogP contribution is -2.49. The van der Waals surface area contributed by atoms with Crippen LogP contribution in [-0.4, -0.2) is 104 Å². The van der Waals surface area contributed by atoms with Gasteiger partial charge in [0.2, 0.25) is 17.6 Å². The molecule has 0 bridgehead atoms. The molecule has 1 aromatic heterocycles. The average molecular weight is 822 g/mol. The Kier molecular flexibility index (Phi) is 14.2. The van der Waals surface area contributed by atoms with Crippen molar-refractivity contribution in [3.63, 3.8) is 0 Å². The van der Waals surface area contributed by atoms with Crippen molar-refractivity contribution in [3.05, 3.63) is 83.9 Å². The second kappa shape index (κ2) is 19.5. The Morgan fingerprint density at radius 2 is 1.45 bits per heavy atom. The van der Waals surface area contributed by atoms with Crippen LogP contribution in [0.5, 0.6) is 0 Å². The van der Waals surface area contributed by atoms with E-state index in [2.05, 4.69) is 65.7 Å². The molecule has 1 saturated heterocycles. The Hall–Kier alpha value is -5.83. The quantitative estimate of drug-likeness (QED) is 0.122. The summed E-state index contributed by atoms with van der Waals surface area (Å²) in [4.78, 5) is 56.6. The fourth-order valence-electron chi connectivity index (χ4n) is 7.54. The molecule has 3 aromatic carbocycles. The number of aromatic nitrogens is 4. The number of hydrogen-bond acceptors (Lipinski definition) is 10. The lowest BCUT2D eigenvalue weighted by molar-refractivity contribution is -0.130. The van der Waals surface area contributed by atoms with Crippen molar-refractivity contribution in [2.75, 3.05) is 38.0 Å². The van der Waals surface area contributed by atoms with Crippen LogP contribution < -0.4 is 16.0 Å². The molecule has 0 spiro atoms. The summed E-state index contributed by atoms with van der Waals surface area (Å²) in [6.45, 7) is 15.1. The van der Waals surface area contributed by atoms with Gasteiger partial charge in [-0.2, -0.15) is 5.21 Å². The average Bonchev–Trinajstić information content (AvgIpc) is 3.75. The summed E-state index contributed by atoms with van der Waals surface area (Å²) in [5.41, 5.74) is 4.46. The fourth-order valence-corrected chi connectivity index (χ4v) is 7.54. The molecule has 1 atom stereocenters. The van der Waals surface area contributed by atoms with Crippen LogP contribution in [0.2, 0.25) is 0 Å². The zero-order valence-corrected chi connectivity index (χ0v) is 35.6. The third-order valence-electron chi connectivity index (χ3n) is 10.7. The van der Waals surface area contributed by atoms with E-state index >= 15 is 0 Å². The SMILES string of the molecule is CC(C)(C)OC(=O)NCC1CCC(C(=O)NC(Cc2ccc(-c3ccccc3CN3CCN(C(=O)OC(C)(C)C)CC3)cc2)C(=O)Nc2ccc(-c3nn[nH]n3)cc2)CC1. The number of carbonyl (C=O) groups excluding carboxylic acids is 4. The lowest BCUT2D eigenvalue weighted by Gasteiger charge is -2.35. The van der Waals surface area contributed by atoms with Crippen LogP contribution in [0, 0.1) is 11.8 Å². The highest BCUT2D eigenvalue weighted by molar-refractivity contribution is 5.97. The number of benzene rings is 3. The fraction of sp³-hybridized carbons (Fsp3) is 0.489. The molecule has 2 aliphatic rings. The molecule has 1 aliphatic heterocycles. The Balaban J connectivity index is 1.09. The minimum Gasteiger partial charge on any atom is -0.444 e. The number of carbonyl (C=O) groups is 4. The van der Waals surface area contributed by atoms with E-state index in [1.165, 1.54) is 5.56 Å². The molecule has 1 aliphatic carbocycles. The first-order chi connectivity index (χ1) is 28.6. The van der Waals surface area contributed by atoms with Gasteiger partial charge in [-0.25, -0.2) is 9.59 Å². The Morgan fingerprint density at radius 3 is 2.08 bits per heavy atom. The summed E-state index contributed by atoms with van der Waals surface area (Å²) < 4.78 is 10.9. The van der Waals surface area contributed by atoms with Crippen LogP contribution in [0.15, 0.2) is 72.8 Å². The molecule has 15 nitrogen and oxygen atoms in total. The molecule has 4 N–H and O–H groups in total. The largest absolute Gasteiger partial charge is 0.444 e. The second-order valence-corrected chi connectivity index (χ2v) is 17.8. The van der Waals surface area contributed by atoms with Gasteiger partial charge >= 0.3 is 12.2 Å². The van der Waals surface area contributed by atoms with Crippen LogP contribution >= 0.6 is 0 Å². The molecule has 60 heavy (non-hydrogen) atoms. The molecule has 4 aromatic rings. The summed E-state index contributed by atoms with van der Waals surface area (Å²) in [6.07, 6.45) is 2.46. The number of hydrogen-bond donors (Lipinski definition) is 4. The Morgan fingerprint density at radius 1 is 0.800 bits per heavy atom. The van der Waals surface area contributed by atoms with Gasteiger partial charge < -0.3 is 30.3 Å². The molecule has 0 radical (unpaired) electrons. The van der Waals surface area contributed by atoms with Gasteiger partial charge in [0.05, 0.1) is 0 Å². The van der Waals surface area contributed by atoms with Crippen molar-refractivity contribution in [2.45, 2.75) is 97.4 Å².